The lowest BCUT2D eigenvalue weighted by atomic mass is 10.1. The molecule has 1 amide bonds. The maximum atomic E-state index is 12.3. The molecule has 1 aliphatic rings. The molecule has 0 saturated carbocycles. The average molecular weight is 289 g/mol. The molecule has 0 radical (unpaired) electrons. The molecular weight excluding hydrogens is 266 g/mol. The Morgan fingerprint density at radius 3 is 2.76 bits per heavy atom. The maximum Gasteiger partial charge on any atom is 0.253 e. The number of Topliss-reactive ketones (excluding diaryl/α,β-unsaturated/α-hetero) is 1. The minimum absolute atomic E-state index is 0.0225. The van der Waals surface area contributed by atoms with Crippen LogP contribution in [0, 0.1) is 0 Å². The maximum absolute atomic E-state index is 12.3. The van der Waals surface area contributed by atoms with E-state index in [9.17, 15) is 9.59 Å². The fourth-order valence-electron chi connectivity index (χ4n) is 2.62. The summed E-state index contributed by atoms with van der Waals surface area (Å²) in [5, 5.41) is 0. The fraction of sp³-hybridized carbons (Fsp3) is 0.529. The van der Waals surface area contributed by atoms with E-state index in [1.54, 1.807) is 36.2 Å². The van der Waals surface area contributed by atoms with Crippen molar-refractivity contribution in [3.05, 3.63) is 35.4 Å². The standard InChI is InChI=1S/C17H23NO3/c1-13(19)14-6-3-7-15(12-14)17(20)18(2)10-4-8-16-9-5-11-21-16/h3,6-7,12,16H,4-5,8-11H2,1-2H3/t16-/m0/s1. The van der Waals surface area contributed by atoms with Gasteiger partial charge in [0.2, 0.25) is 0 Å². The van der Waals surface area contributed by atoms with Gasteiger partial charge in [-0.05, 0) is 44.7 Å². The third-order valence-electron chi connectivity index (χ3n) is 3.91. The number of carbonyl (C=O) groups is 2. The molecule has 4 heteroatoms. The summed E-state index contributed by atoms with van der Waals surface area (Å²) in [7, 11) is 1.80. The van der Waals surface area contributed by atoms with Gasteiger partial charge in [0.1, 0.15) is 0 Å². The summed E-state index contributed by atoms with van der Waals surface area (Å²) < 4.78 is 5.58. The monoisotopic (exact) mass is 289 g/mol. The molecule has 21 heavy (non-hydrogen) atoms. The van der Waals surface area contributed by atoms with Crippen LogP contribution >= 0.6 is 0 Å². The molecule has 0 aliphatic carbocycles. The number of nitrogens with zero attached hydrogens (tertiary/aromatic N) is 1. The van der Waals surface area contributed by atoms with Gasteiger partial charge in [-0.2, -0.15) is 0 Å². The highest BCUT2D eigenvalue weighted by molar-refractivity contribution is 5.99. The Bertz CT molecular complexity index is 507. The van der Waals surface area contributed by atoms with Crippen molar-refractivity contribution in [2.24, 2.45) is 0 Å². The predicted molar refractivity (Wildman–Crippen MR) is 81.6 cm³/mol. The van der Waals surface area contributed by atoms with Gasteiger partial charge in [0.15, 0.2) is 5.78 Å². The van der Waals surface area contributed by atoms with Crippen LogP contribution in [0.4, 0.5) is 0 Å². The van der Waals surface area contributed by atoms with Crippen LogP contribution in [0.15, 0.2) is 24.3 Å². The van der Waals surface area contributed by atoms with Gasteiger partial charge >= 0.3 is 0 Å². The Labute approximate surface area is 126 Å². The van der Waals surface area contributed by atoms with E-state index in [-0.39, 0.29) is 11.7 Å². The summed E-state index contributed by atoms with van der Waals surface area (Å²) in [5.74, 6) is -0.0591. The van der Waals surface area contributed by atoms with Crippen LogP contribution in [0.1, 0.15) is 53.3 Å². The third-order valence-corrected chi connectivity index (χ3v) is 3.91. The molecule has 0 unspecified atom stereocenters. The summed E-state index contributed by atoms with van der Waals surface area (Å²) in [6.07, 6.45) is 4.61. The molecular formula is C17H23NO3. The van der Waals surface area contributed by atoms with Gasteiger partial charge in [-0.1, -0.05) is 12.1 Å². The molecule has 1 aromatic rings. The molecule has 2 rings (SSSR count). The lowest BCUT2D eigenvalue weighted by Crippen LogP contribution is -2.28. The van der Waals surface area contributed by atoms with Gasteiger partial charge in [-0.3, -0.25) is 9.59 Å². The number of hydrogen-bond donors (Lipinski definition) is 0. The highest BCUT2D eigenvalue weighted by Gasteiger charge is 2.17. The summed E-state index contributed by atoms with van der Waals surface area (Å²) in [6.45, 7) is 3.09. The Hall–Kier alpha value is -1.68. The first-order chi connectivity index (χ1) is 10.1. The zero-order valence-electron chi connectivity index (χ0n) is 12.8. The summed E-state index contributed by atoms with van der Waals surface area (Å²) >= 11 is 0. The first-order valence-corrected chi connectivity index (χ1v) is 7.56. The van der Waals surface area contributed by atoms with Crippen molar-refractivity contribution in [1.29, 1.82) is 0 Å². The Morgan fingerprint density at radius 1 is 1.33 bits per heavy atom. The van der Waals surface area contributed by atoms with Gasteiger partial charge in [0, 0.05) is 31.3 Å². The van der Waals surface area contributed by atoms with Gasteiger partial charge in [0.05, 0.1) is 6.10 Å². The summed E-state index contributed by atoms with van der Waals surface area (Å²) in [6, 6.07) is 6.91. The molecule has 1 aliphatic heterocycles. The molecule has 1 saturated heterocycles. The zero-order chi connectivity index (χ0) is 15.2. The highest BCUT2D eigenvalue weighted by atomic mass is 16.5. The molecule has 0 N–H and O–H groups in total. The first-order valence-electron chi connectivity index (χ1n) is 7.56. The van der Waals surface area contributed by atoms with Crippen molar-refractivity contribution in [2.75, 3.05) is 20.2 Å². The van der Waals surface area contributed by atoms with Crippen molar-refractivity contribution < 1.29 is 14.3 Å². The Morgan fingerprint density at radius 2 is 2.10 bits per heavy atom. The molecule has 0 bridgehead atoms. The molecule has 4 nitrogen and oxygen atoms in total. The van der Waals surface area contributed by atoms with Crippen molar-refractivity contribution in [1.82, 2.24) is 4.90 Å². The zero-order valence-corrected chi connectivity index (χ0v) is 12.8. The molecule has 0 spiro atoms. The van der Waals surface area contributed by atoms with Crippen LogP contribution in [0.3, 0.4) is 0 Å². The number of hydrogen-bond acceptors (Lipinski definition) is 3. The first kappa shape index (κ1) is 15.7. The van der Waals surface area contributed by atoms with Crippen molar-refractivity contribution in [2.45, 2.75) is 38.7 Å². The van der Waals surface area contributed by atoms with Crippen LogP contribution in [0.5, 0.6) is 0 Å². The SMILES string of the molecule is CC(=O)c1cccc(C(=O)N(C)CCC[C@H]2CCCO2)c1. The topological polar surface area (TPSA) is 46.6 Å². The van der Waals surface area contributed by atoms with E-state index < -0.39 is 0 Å². The van der Waals surface area contributed by atoms with Crippen molar-refractivity contribution in [3.8, 4) is 0 Å². The van der Waals surface area contributed by atoms with Crippen LogP contribution in [0.2, 0.25) is 0 Å². The minimum atomic E-state index is -0.0366. The van der Waals surface area contributed by atoms with E-state index in [1.165, 1.54) is 6.92 Å². The quantitative estimate of drug-likeness (QED) is 0.756. The second kappa shape index (κ2) is 7.36. The molecule has 1 atom stereocenters. The van der Waals surface area contributed by atoms with E-state index >= 15 is 0 Å². The Kier molecular flexibility index (Phi) is 5.51. The fourth-order valence-corrected chi connectivity index (χ4v) is 2.62. The van der Waals surface area contributed by atoms with Gasteiger partial charge in [-0.15, -0.1) is 0 Å². The lowest BCUT2D eigenvalue weighted by Gasteiger charge is -2.18. The van der Waals surface area contributed by atoms with E-state index in [2.05, 4.69) is 0 Å². The second-order valence-electron chi connectivity index (χ2n) is 5.64. The van der Waals surface area contributed by atoms with E-state index in [0.717, 1.165) is 32.3 Å². The molecule has 1 heterocycles. The second-order valence-corrected chi connectivity index (χ2v) is 5.64. The van der Waals surface area contributed by atoms with E-state index in [4.69, 9.17) is 4.74 Å². The number of carbonyl (C=O) groups excluding carboxylic acids is 2. The summed E-state index contributed by atoms with van der Waals surface area (Å²) in [5.41, 5.74) is 1.15. The van der Waals surface area contributed by atoms with Gasteiger partial charge < -0.3 is 9.64 Å². The normalized spacial score (nSPS) is 17.7. The Balaban J connectivity index is 1.86. The number of rotatable bonds is 6. The number of ether oxygens (including phenoxy) is 1. The predicted octanol–water partition coefficient (Wildman–Crippen LogP) is 2.92. The van der Waals surface area contributed by atoms with E-state index in [0.29, 0.717) is 23.8 Å². The van der Waals surface area contributed by atoms with Crippen LogP contribution in [-0.4, -0.2) is 42.9 Å². The minimum Gasteiger partial charge on any atom is -0.378 e. The largest absolute Gasteiger partial charge is 0.378 e. The smallest absolute Gasteiger partial charge is 0.253 e. The number of benzene rings is 1. The molecule has 114 valence electrons. The lowest BCUT2D eigenvalue weighted by molar-refractivity contribution is 0.0763. The number of ketones is 1. The van der Waals surface area contributed by atoms with E-state index in [1.807, 2.05) is 0 Å². The van der Waals surface area contributed by atoms with Crippen LogP contribution in [-0.2, 0) is 4.74 Å². The van der Waals surface area contributed by atoms with Crippen LogP contribution < -0.4 is 0 Å². The third kappa shape index (κ3) is 4.39. The average Bonchev–Trinajstić information content (AvgIpc) is 2.99. The van der Waals surface area contributed by atoms with Gasteiger partial charge in [-0.25, -0.2) is 0 Å². The molecule has 1 aromatic carbocycles. The molecule has 1 fully saturated rings. The van der Waals surface area contributed by atoms with Crippen molar-refractivity contribution in [3.63, 3.8) is 0 Å². The molecule has 0 aromatic heterocycles. The number of amides is 1. The summed E-state index contributed by atoms with van der Waals surface area (Å²) in [4.78, 5) is 25.4. The highest BCUT2D eigenvalue weighted by Crippen LogP contribution is 2.17. The van der Waals surface area contributed by atoms with Crippen molar-refractivity contribution >= 4 is 11.7 Å². The van der Waals surface area contributed by atoms with Crippen LogP contribution in [0.25, 0.3) is 0 Å². The van der Waals surface area contributed by atoms with Gasteiger partial charge in [0.25, 0.3) is 5.91 Å².